The smallest absolute Gasteiger partial charge is 0.490 e. The third-order valence-electron chi connectivity index (χ3n) is 3.07. The molecule has 0 aliphatic carbocycles. The van der Waals surface area contributed by atoms with Crippen molar-refractivity contribution in [3.63, 3.8) is 0 Å². The van der Waals surface area contributed by atoms with Gasteiger partial charge in [-0.15, -0.1) is 11.3 Å². The van der Waals surface area contributed by atoms with Crippen LogP contribution in [0.1, 0.15) is 19.4 Å². The summed E-state index contributed by atoms with van der Waals surface area (Å²) in [6.45, 7) is 3.91. The van der Waals surface area contributed by atoms with Crippen LogP contribution in [0, 0.1) is 11.3 Å². The molecule has 2 aromatic heterocycles. The van der Waals surface area contributed by atoms with Crippen LogP contribution in [-0.2, 0) is 0 Å². The molecular formula is C18H18BNO3S2. The fourth-order valence-corrected chi connectivity index (χ4v) is 3.33. The summed E-state index contributed by atoms with van der Waals surface area (Å²) in [6.07, 6.45) is 0.0784. The van der Waals surface area contributed by atoms with E-state index in [9.17, 15) is 0 Å². The second-order valence-electron chi connectivity index (χ2n) is 5.36. The summed E-state index contributed by atoms with van der Waals surface area (Å²) < 4.78 is 6.18. The summed E-state index contributed by atoms with van der Waals surface area (Å²) in [6, 6.07) is 15.4. The zero-order valence-electron chi connectivity index (χ0n) is 13.9. The van der Waals surface area contributed by atoms with Gasteiger partial charge in [0.15, 0.2) is 0 Å². The molecule has 0 atom stereocenters. The number of rotatable bonds is 4. The number of hydrogen-bond acceptors (Lipinski definition) is 6. The van der Waals surface area contributed by atoms with Gasteiger partial charge in [0.25, 0.3) is 0 Å². The lowest BCUT2D eigenvalue weighted by atomic mass is 9.90. The minimum atomic E-state index is -1.30. The van der Waals surface area contributed by atoms with E-state index in [-0.39, 0.29) is 6.10 Å². The predicted molar refractivity (Wildman–Crippen MR) is 104 cm³/mol. The third kappa shape index (κ3) is 5.73. The van der Waals surface area contributed by atoms with Gasteiger partial charge in [-0.05, 0) is 54.4 Å². The van der Waals surface area contributed by atoms with Gasteiger partial charge in [0.05, 0.1) is 11.7 Å². The number of benzene rings is 1. The number of nitriles is 1. The third-order valence-corrected chi connectivity index (χ3v) is 4.90. The standard InChI is InChI=1S/C14H13NOS.C4H5BO2S/c1-10(2)16-13-6-5-11(8-12(13)9-15)14-4-3-7-17-14;6-5(7)4-2-1-3-8-4/h3-8,10H,1-2H3;1-3,6-7H. The van der Waals surface area contributed by atoms with E-state index in [1.54, 1.807) is 28.8 Å². The maximum absolute atomic E-state index is 9.13. The van der Waals surface area contributed by atoms with E-state index in [1.165, 1.54) is 11.3 Å². The Morgan fingerprint density at radius 1 is 1.08 bits per heavy atom. The van der Waals surface area contributed by atoms with E-state index >= 15 is 0 Å². The molecule has 3 aromatic rings. The van der Waals surface area contributed by atoms with Gasteiger partial charge in [0.2, 0.25) is 0 Å². The fourth-order valence-electron chi connectivity index (χ4n) is 2.01. The van der Waals surface area contributed by atoms with E-state index in [2.05, 4.69) is 6.07 Å². The highest BCUT2D eigenvalue weighted by Crippen LogP contribution is 2.29. The van der Waals surface area contributed by atoms with Crippen LogP contribution in [0.4, 0.5) is 0 Å². The maximum atomic E-state index is 9.13. The SMILES string of the molecule is CC(C)Oc1ccc(-c2cccs2)cc1C#N.OB(O)c1cccs1. The van der Waals surface area contributed by atoms with Crippen molar-refractivity contribution in [3.8, 4) is 22.3 Å². The maximum Gasteiger partial charge on any atom is 0.499 e. The van der Waals surface area contributed by atoms with Crippen molar-refractivity contribution in [1.29, 1.82) is 5.26 Å². The van der Waals surface area contributed by atoms with Gasteiger partial charge in [-0.1, -0.05) is 18.2 Å². The lowest BCUT2D eigenvalue weighted by Gasteiger charge is -2.11. The van der Waals surface area contributed by atoms with E-state index in [0.717, 1.165) is 10.4 Å². The first-order valence-corrected chi connectivity index (χ1v) is 9.41. The highest BCUT2D eigenvalue weighted by atomic mass is 32.1. The Balaban J connectivity index is 0.000000236. The van der Waals surface area contributed by atoms with Crippen molar-refractivity contribution in [2.24, 2.45) is 0 Å². The van der Waals surface area contributed by atoms with Gasteiger partial charge >= 0.3 is 7.12 Å². The van der Waals surface area contributed by atoms with Crippen LogP contribution in [0.2, 0.25) is 0 Å². The lowest BCUT2D eigenvalue weighted by molar-refractivity contribution is 0.242. The largest absolute Gasteiger partial charge is 0.499 e. The molecule has 1 aromatic carbocycles. The summed E-state index contributed by atoms with van der Waals surface area (Å²) in [5.41, 5.74) is 1.65. The van der Waals surface area contributed by atoms with E-state index < -0.39 is 7.12 Å². The Labute approximate surface area is 155 Å². The Kier molecular flexibility index (Phi) is 7.23. The average Bonchev–Trinajstić information content (AvgIpc) is 3.29. The highest BCUT2D eigenvalue weighted by Gasteiger charge is 2.10. The Bertz CT molecular complexity index is 809. The molecule has 0 amide bonds. The first-order chi connectivity index (χ1) is 12.0. The molecule has 0 fully saturated rings. The molecule has 128 valence electrons. The van der Waals surface area contributed by atoms with Gasteiger partial charge in [-0.2, -0.15) is 16.6 Å². The molecule has 2 heterocycles. The quantitative estimate of drug-likeness (QED) is 0.689. The molecule has 25 heavy (non-hydrogen) atoms. The monoisotopic (exact) mass is 371 g/mol. The van der Waals surface area contributed by atoms with Crippen LogP contribution in [0.3, 0.4) is 0 Å². The van der Waals surface area contributed by atoms with Crippen molar-refractivity contribution in [1.82, 2.24) is 0 Å². The zero-order chi connectivity index (χ0) is 18.2. The molecule has 0 bridgehead atoms. The number of ether oxygens (including phenoxy) is 1. The zero-order valence-corrected chi connectivity index (χ0v) is 15.6. The van der Waals surface area contributed by atoms with Crippen LogP contribution in [-0.4, -0.2) is 23.3 Å². The predicted octanol–water partition coefficient (Wildman–Crippen LogP) is 3.50. The minimum Gasteiger partial charge on any atom is -0.490 e. The molecular weight excluding hydrogens is 353 g/mol. The van der Waals surface area contributed by atoms with Crippen molar-refractivity contribution in [2.45, 2.75) is 20.0 Å². The Morgan fingerprint density at radius 2 is 1.80 bits per heavy atom. The van der Waals surface area contributed by atoms with E-state index in [1.807, 2.05) is 49.6 Å². The first kappa shape index (κ1) is 19.2. The Hall–Kier alpha value is -2.11. The van der Waals surface area contributed by atoms with Crippen molar-refractivity contribution in [3.05, 3.63) is 58.8 Å². The molecule has 0 saturated carbocycles. The number of hydrogen-bond donors (Lipinski definition) is 2. The van der Waals surface area contributed by atoms with Crippen LogP contribution >= 0.6 is 22.7 Å². The summed E-state index contributed by atoms with van der Waals surface area (Å²) in [5, 5.41) is 29.9. The molecule has 3 rings (SSSR count). The molecule has 2 N–H and O–H groups in total. The van der Waals surface area contributed by atoms with Crippen LogP contribution in [0.15, 0.2) is 53.2 Å². The summed E-state index contributed by atoms with van der Waals surface area (Å²) in [5.74, 6) is 0.655. The van der Waals surface area contributed by atoms with Crippen molar-refractivity contribution < 1.29 is 14.8 Å². The number of nitrogens with zero attached hydrogens (tertiary/aromatic N) is 1. The van der Waals surface area contributed by atoms with Gasteiger partial charge in [0, 0.05) is 9.65 Å². The van der Waals surface area contributed by atoms with Crippen molar-refractivity contribution in [2.75, 3.05) is 0 Å². The molecule has 0 spiro atoms. The molecule has 7 heteroatoms. The minimum absolute atomic E-state index is 0.0784. The fraction of sp³-hybridized carbons (Fsp3) is 0.167. The van der Waals surface area contributed by atoms with Gasteiger partial charge in [-0.25, -0.2) is 0 Å². The molecule has 0 aliphatic rings. The molecule has 0 radical (unpaired) electrons. The van der Waals surface area contributed by atoms with Gasteiger partial charge < -0.3 is 14.8 Å². The van der Waals surface area contributed by atoms with Crippen LogP contribution < -0.4 is 9.51 Å². The Morgan fingerprint density at radius 3 is 2.28 bits per heavy atom. The highest BCUT2D eigenvalue weighted by molar-refractivity contribution is 7.20. The summed E-state index contributed by atoms with van der Waals surface area (Å²) in [4.78, 5) is 1.16. The van der Waals surface area contributed by atoms with Gasteiger partial charge in [0.1, 0.15) is 11.8 Å². The van der Waals surface area contributed by atoms with E-state index in [0.29, 0.717) is 16.1 Å². The van der Waals surface area contributed by atoms with Crippen molar-refractivity contribution >= 4 is 34.6 Å². The summed E-state index contributed by atoms with van der Waals surface area (Å²) >= 11 is 3.00. The van der Waals surface area contributed by atoms with E-state index in [4.69, 9.17) is 20.0 Å². The van der Waals surface area contributed by atoms with Gasteiger partial charge in [-0.3, -0.25) is 0 Å². The molecule has 0 saturated heterocycles. The topological polar surface area (TPSA) is 73.5 Å². The second-order valence-corrected chi connectivity index (χ2v) is 7.28. The average molecular weight is 371 g/mol. The second kappa shape index (κ2) is 9.40. The van der Waals surface area contributed by atoms with Crippen LogP contribution in [0.25, 0.3) is 10.4 Å². The molecule has 0 aliphatic heterocycles. The first-order valence-electron chi connectivity index (χ1n) is 7.65. The summed E-state index contributed by atoms with van der Waals surface area (Å²) in [7, 11) is -1.30. The normalized spacial score (nSPS) is 9.92. The molecule has 0 unspecified atom stereocenters. The lowest BCUT2D eigenvalue weighted by Crippen LogP contribution is -2.26. The molecule has 4 nitrogen and oxygen atoms in total. The van der Waals surface area contributed by atoms with Crippen LogP contribution in [0.5, 0.6) is 5.75 Å². The number of thiophene rings is 2.